The lowest BCUT2D eigenvalue weighted by Crippen LogP contribution is -2.33. The minimum atomic E-state index is -0.913. The van der Waals surface area contributed by atoms with Gasteiger partial charge in [-0.15, -0.1) is 0 Å². The zero-order valence-electron chi connectivity index (χ0n) is 23.1. The maximum atomic E-state index is 11.5. The number of rotatable bonds is 13. The highest BCUT2D eigenvalue weighted by Crippen LogP contribution is 2.37. The van der Waals surface area contributed by atoms with Crippen LogP contribution >= 0.6 is 0 Å². The number of phenols is 1. The number of hydrogen-bond donors (Lipinski definition) is 2. The Morgan fingerprint density at radius 1 is 0.732 bits per heavy atom. The standard InChI is InChI=1S/C31H32O10/c1-36-26-18-22(10-13-24(26)33)31(41-25-14-7-21(17-27(25)37-2)9-16-30(35)39-4)28(19-32)40-23-11-5-20(6-12-23)8-15-29(34)38-3/h5-18,28,31-33H,19H2,1-4H3/b15-8+,16-9+. The van der Waals surface area contributed by atoms with Crippen molar-refractivity contribution >= 4 is 24.1 Å². The predicted octanol–water partition coefficient (Wildman–Crippen LogP) is 4.34. The minimum absolute atomic E-state index is 0.0635. The number of ether oxygens (including phenoxy) is 6. The molecule has 0 aliphatic heterocycles. The molecular formula is C31H32O10. The molecule has 2 unspecified atom stereocenters. The molecule has 0 aliphatic rings. The van der Waals surface area contributed by atoms with Crippen LogP contribution in [-0.2, 0) is 19.1 Å². The Morgan fingerprint density at radius 3 is 1.93 bits per heavy atom. The molecule has 0 radical (unpaired) electrons. The lowest BCUT2D eigenvalue weighted by Gasteiger charge is -2.28. The molecule has 0 spiro atoms. The summed E-state index contributed by atoms with van der Waals surface area (Å²) in [6.07, 6.45) is 3.96. The molecule has 3 aromatic rings. The van der Waals surface area contributed by atoms with Gasteiger partial charge in [-0.3, -0.25) is 0 Å². The second-order valence-electron chi connectivity index (χ2n) is 8.50. The first-order chi connectivity index (χ1) is 19.8. The van der Waals surface area contributed by atoms with Gasteiger partial charge >= 0.3 is 11.9 Å². The van der Waals surface area contributed by atoms with Gasteiger partial charge in [0.2, 0.25) is 0 Å². The van der Waals surface area contributed by atoms with Crippen LogP contribution in [0.3, 0.4) is 0 Å². The molecule has 2 N–H and O–H groups in total. The number of methoxy groups -OCH3 is 4. The van der Waals surface area contributed by atoms with Crippen LogP contribution in [0.1, 0.15) is 22.8 Å². The first-order valence-electron chi connectivity index (χ1n) is 12.4. The zero-order chi connectivity index (χ0) is 29.8. The molecule has 0 bridgehead atoms. The van der Waals surface area contributed by atoms with Gasteiger partial charge in [0.1, 0.15) is 5.75 Å². The van der Waals surface area contributed by atoms with Crippen LogP contribution in [0.25, 0.3) is 12.2 Å². The molecule has 2 atom stereocenters. The van der Waals surface area contributed by atoms with E-state index in [1.807, 2.05) is 0 Å². The number of aliphatic hydroxyl groups is 1. The van der Waals surface area contributed by atoms with Crippen molar-refractivity contribution in [1.82, 2.24) is 0 Å². The average Bonchev–Trinajstić information content (AvgIpc) is 3.01. The Kier molecular flexibility index (Phi) is 11.2. The van der Waals surface area contributed by atoms with E-state index in [0.29, 0.717) is 28.4 Å². The first kappa shape index (κ1) is 30.6. The van der Waals surface area contributed by atoms with Crippen molar-refractivity contribution in [3.63, 3.8) is 0 Å². The van der Waals surface area contributed by atoms with Crippen molar-refractivity contribution in [3.05, 3.63) is 89.5 Å². The van der Waals surface area contributed by atoms with Crippen molar-refractivity contribution in [3.8, 4) is 28.7 Å². The van der Waals surface area contributed by atoms with Crippen LogP contribution in [0.4, 0.5) is 0 Å². The van der Waals surface area contributed by atoms with E-state index in [0.717, 1.165) is 5.56 Å². The number of aromatic hydroxyl groups is 1. The van der Waals surface area contributed by atoms with Gasteiger partial charge in [0.25, 0.3) is 0 Å². The first-order valence-corrected chi connectivity index (χ1v) is 12.4. The molecule has 0 saturated carbocycles. The van der Waals surface area contributed by atoms with E-state index < -0.39 is 30.8 Å². The monoisotopic (exact) mass is 564 g/mol. The van der Waals surface area contributed by atoms with E-state index >= 15 is 0 Å². The molecule has 10 heteroatoms. The van der Waals surface area contributed by atoms with E-state index in [9.17, 15) is 19.8 Å². The van der Waals surface area contributed by atoms with Crippen molar-refractivity contribution in [2.75, 3.05) is 35.0 Å². The van der Waals surface area contributed by atoms with Gasteiger partial charge in [0, 0.05) is 17.7 Å². The van der Waals surface area contributed by atoms with Gasteiger partial charge in [-0.2, -0.15) is 0 Å². The molecule has 0 aliphatic carbocycles. The van der Waals surface area contributed by atoms with Crippen LogP contribution < -0.4 is 18.9 Å². The van der Waals surface area contributed by atoms with E-state index in [-0.39, 0.29) is 11.5 Å². The zero-order valence-corrected chi connectivity index (χ0v) is 23.1. The molecule has 41 heavy (non-hydrogen) atoms. The molecule has 0 amide bonds. The number of esters is 2. The van der Waals surface area contributed by atoms with Gasteiger partial charge in [0.05, 0.1) is 35.0 Å². The van der Waals surface area contributed by atoms with Gasteiger partial charge < -0.3 is 38.6 Å². The van der Waals surface area contributed by atoms with Crippen LogP contribution in [0.15, 0.2) is 72.8 Å². The Balaban J connectivity index is 1.95. The second-order valence-corrected chi connectivity index (χ2v) is 8.50. The van der Waals surface area contributed by atoms with Crippen LogP contribution in [0, 0.1) is 0 Å². The van der Waals surface area contributed by atoms with E-state index in [1.165, 1.54) is 46.7 Å². The summed E-state index contributed by atoms with van der Waals surface area (Å²) in [5.74, 6) is 0.320. The maximum absolute atomic E-state index is 11.5. The number of carbonyl (C=O) groups is 2. The van der Waals surface area contributed by atoms with Crippen LogP contribution in [0.2, 0.25) is 0 Å². The number of hydrogen-bond acceptors (Lipinski definition) is 10. The molecule has 3 aromatic carbocycles. The summed E-state index contributed by atoms with van der Waals surface area (Å²) in [6, 6.07) is 16.6. The lowest BCUT2D eigenvalue weighted by atomic mass is 10.0. The molecule has 0 heterocycles. The summed E-state index contributed by atoms with van der Waals surface area (Å²) < 4.78 is 32.5. The summed E-state index contributed by atoms with van der Waals surface area (Å²) in [6.45, 7) is -0.430. The second kappa shape index (κ2) is 15.0. The van der Waals surface area contributed by atoms with Gasteiger partial charge in [-0.1, -0.05) is 24.3 Å². The van der Waals surface area contributed by atoms with Gasteiger partial charge in [-0.25, -0.2) is 9.59 Å². The molecule has 0 aromatic heterocycles. The van der Waals surface area contributed by atoms with Crippen molar-refractivity contribution < 1.29 is 48.2 Å². The molecule has 216 valence electrons. The highest BCUT2D eigenvalue weighted by molar-refractivity contribution is 5.87. The van der Waals surface area contributed by atoms with Crippen molar-refractivity contribution in [2.45, 2.75) is 12.2 Å². The van der Waals surface area contributed by atoms with E-state index in [1.54, 1.807) is 66.7 Å². The number of benzene rings is 3. The van der Waals surface area contributed by atoms with Crippen molar-refractivity contribution in [1.29, 1.82) is 0 Å². The van der Waals surface area contributed by atoms with Crippen LogP contribution in [-0.4, -0.2) is 63.3 Å². The lowest BCUT2D eigenvalue weighted by molar-refractivity contribution is -0.135. The van der Waals surface area contributed by atoms with Crippen molar-refractivity contribution in [2.24, 2.45) is 0 Å². The summed E-state index contributed by atoms with van der Waals surface area (Å²) >= 11 is 0. The van der Waals surface area contributed by atoms with Crippen LogP contribution in [0.5, 0.6) is 28.7 Å². The third-order valence-corrected chi connectivity index (χ3v) is 5.89. The maximum Gasteiger partial charge on any atom is 0.330 e. The largest absolute Gasteiger partial charge is 0.504 e. The fourth-order valence-electron chi connectivity index (χ4n) is 3.74. The van der Waals surface area contributed by atoms with Gasteiger partial charge in [0.15, 0.2) is 35.2 Å². The molecule has 3 rings (SSSR count). The molecule has 0 saturated heterocycles. The van der Waals surface area contributed by atoms with E-state index in [2.05, 4.69) is 9.47 Å². The third kappa shape index (κ3) is 8.51. The normalized spacial score (nSPS) is 12.5. The summed E-state index contributed by atoms with van der Waals surface area (Å²) in [4.78, 5) is 22.9. The molecule has 0 fully saturated rings. The Labute approximate surface area is 238 Å². The summed E-state index contributed by atoms with van der Waals surface area (Å²) in [5, 5.41) is 20.5. The summed E-state index contributed by atoms with van der Waals surface area (Å²) in [7, 11) is 5.49. The SMILES string of the molecule is COC(=O)/C=C/c1ccc(OC(CO)C(Oc2ccc(/C=C/C(=O)OC)cc2OC)c2ccc(O)c(OC)c2)cc1. The summed E-state index contributed by atoms with van der Waals surface area (Å²) in [5.41, 5.74) is 1.96. The van der Waals surface area contributed by atoms with E-state index in [4.69, 9.17) is 18.9 Å². The Morgan fingerprint density at radius 2 is 1.34 bits per heavy atom. The molecular weight excluding hydrogens is 532 g/mol. The molecule has 10 nitrogen and oxygen atoms in total. The number of phenolic OH excluding ortho intramolecular Hbond substituents is 1. The topological polar surface area (TPSA) is 130 Å². The number of aliphatic hydroxyl groups excluding tert-OH is 1. The smallest absolute Gasteiger partial charge is 0.330 e. The Hall–Kier alpha value is -4.96. The fourth-order valence-corrected chi connectivity index (χ4v) is 3.74. The quantitative estimate of drug-likeness (QED) is 0.228. The van der Waals surface area contributed by atoms with Gasteiger partial charge in [-0.05, 0) is 59.7 Å². The average molecular weight is 565 g/mol. The minimum Gasteiger partial charge on any atom is -0.504 e. The predicted molar refractivity (Wildman–Crippen MR) is 151 cm³/mol. The Bertz CT molecular complexity index is 1380. The fraction of sp³-hybridized carbons (Fsp3) is 0.226. The highest BCUT2D eigenvalue weighted by Gasteiger charge is 2.29. The highest BCUT2D eigenvalue weighted by atomic mass is 16.6. The third-order valence-electron chi connectivity index (χ3n) is 5.89. The number of carbonyl (C=O) groups excluding carboxylic acids is 2.